The Balaban J connectivity index is 2.08. The molecular formula is C12H13NO5. The van der Waals surface area contributed by atoms with Crippen LogP contribution in [0.2, 0.25) is 0 Å². The maximum atomic E-state index is 11.8. The van der Waals surface area contributed by atoms with E-state index >= 15 is 0 Å². The minimum Gasteiger partial charge on any atom is -0.467 e. The van der Waals surface area contributed by atoms with Crippen molar-refractivity contribution in [3.63, 3.8) is 0 Å². The first-order valence-corrected chi connectivity index (χ1v) is 5.57. The summed E-state index contributed by atoms with van der Waals surface area (Å²) in [6, 6.07) is 2.45. The van der Waals surface area contributed by atoms with Crippen molar-refractivity contribution >= 4 is 17.7 Å². The Morgan fingerprint density at radius 3 is 2.94 bits per heavy atom. The smallest absolute Gasteiger partial charge is 0.328 e. The number of ketones is 1. The summed E-state index contributed by atoms with van der Waals surface area (Å²) in [7, 11) is 1.26. The minimum atomic E-state index is -0.665. The lowest BCUT2D eigenvalue weighted by Crippen LogP contribution is -2.42. The second kappa shape index (κ2) is 5.03. The Labute approximate surface area is 103 Å². The van der Waals surface area contributed by atoms with Crippen molar-refractivity contribution in [2.75, 3.05) is 13.7 Å². The van der Waals surface area contributed by atoms with E-state index in [1.54, 1.807) is 6.07 Å². The van der Waals surface area contributed by atoms with Crippen LogP contribution in [-0.2, 0) is 14.3 Å². The lowest BCUT2D eigenvalue weighted by Gasteiger charge is -2.21. The zero-order chi connectivity index (χ0) is 13.1. The first-order valence-electron chi connectivity index (χ1n) is 5.57. The molecule has 6 heteroatoms. The average Bonchev–Trinajstić information content (AvgIpc) is 2.99. The highest BCUT2D eigenvalue weighted by Crippen LogP contribution is 2.20. The molecule has 2 rings (SSSR count). The Morgan fingerprint density at radius 1 is 1.56 bits per heavy atom. The molecule has 1 atom stereocenters. The zero-order valence-electron chi connectivity index (χ0n) is 9.92. The van der Waals surface area contributed by atoms with Crippen molar-refractivity contribution in [1.29, 1.82) is 0 Å². The summed E-state index contributed by atoms with van der Waals surface area (Å²) >= 11 is 0. The quantitative estimate of drug-likeness (QED) is 0.579. The standard InChI is InChI=1S/C12H13NO5/c1-17-12(16)8-4-5-11(15)13(8)7-9(14)10-3-2-6-18-10/h2-3,6,8H,4-5,7H2,1H3/t8-/m0/s1. The molecule has 2 heterocycles. The van der Waals surface area contributed by atoms with E-state index in [2.05, 4.69) is 4.74 Å². The largest absolute Gasteiger partial charge is 0.467 e. The molecular weight excluding hydrogens is 238 g/mol. The highest BCUT2D eigenvalue weighted by molar-refractivity contribution is 5.99. The van der Waals surface area contributed by atoms with Gasteiger partial charge in [-0.1, -0.05) is 0 Å². The molecule has 0 aliphatic carbocycles. The molecule has 0 saturated carbocycles. The third-order valence-electron chi connectivity index (χ3n) is 2.91. The van der Waals surface area contributed by atoms with Crippen LogP contribution in [0.1, 0.15) is 23.4 Å². The van der Waals surface area contributed by atoms with Crippen molar-refractivity contribution in [1.82, 2.24) is 4.90 Å². The summed E-state index contributed by atoms with van der Waals surface area (Å²) in [6.07, 6.45) is 2.03. The van der Waals surface area contributed by atoms with E-state index < -0.39 is 12.0 Å². The van der Waals surface area contributed by atoms with E-state index in [1.807, 2.05) is 0 Å². The summed E-state index contributed by atoms with van der Waals surface area (Å²) in [5.74, 6) is -0.860. The van der Waals surface area contributed by atoms with Crippen LogP contribution in [0, 0.1) is 0 Å². The number of likely N-dealkylation sites (tertiary alicyclic amines) is 1. The van der Waals surface area contributed by atoms with Gasteiger partial charge in [0.1, 0.15) is 6.04 Å². The predicted molar refractivity (Wildman–Crippen MR) is 59.8 cm³/mol. The van der Waals surface area contributed by atoms with Crippen molar-refractivity contribution < 1.29 is 23.5 Å². The highest BCUT2D eigenvalue weighted by Gasteiger charge is 2.38. The number of rotatable bonds is 4. The van der Waals surface area contributed by atoms with E-state index in [0.29, 0.717) is 6.42 Å². The molecule has 0 aromatic carbocycles. The monoisotopic (exact) mass is 251 g/mol. The van der Waals surface area contributed by atoms with Gasteiger partial charge < -0.3 is 14.1 Å². The summed E-state index contributed by atoms with van der Waals surface area (Å²) < 4.78 is 9.58. The number of ether oxygens (including phenoxy) is 1. The van der Waals surface area contributed by atoms with Crippen LogP contribution in [0.15, 0.2) is 22.8 Å². The number of nitrogens with zero attached hydrogens (tertiary/aromatic N) is 1. The van der Waals surface area contributed by atoms with E-state index in [-0.39, 0.29) is 30.4 Å². The fourth-order valence-corrected chi connectivity index (χ4v) is 1.98. The first-order chi connectivity index (χ1) is 8.63. The number of Topliss-reactive ketones (excluding diaryl/α,β-unsaturated/α-hetero) is 1. The predicted octanol–water partition coefficient (Wildman–Crippen LogP) is 0.626. The van der Waals surface area contributed by atoms with E-state index in [9.17, 15) is 14.4 Å². The van der Waals surface area contributed by atoms with E-state index in [4.69, 9.17) is 4.42 Å². The molecule has 18 heavy (non-hydrogen) atoms. The van der Waals surface area contributed by atoms with Crippen molar-refractivity contribution in [3.8, 4) is 0 Å². The van der Waals surface area contributed by atoms with Gasteiger partial charge in [-0.15, -0.1) is 0 Å². The fraction of sp³-hybridized carbons (Fsp3) is 0.417. The average molecular weight is 251 g/mol. The molecule has 1 saturated heterocycles. The van der Waals surface area contributed by atoms with Crippen LogP contribution in [0.3, 0.4) is 0 Å². The fourth-order valence-electron chi connectivity index (χ4n) is 1.98. The number of esters is 1. The number of hydrogen-bond acceptors (Lipinski definition) is 5. The second-order valence-corrected chi connectivity index (χ2v) is 4.00. The summed E-state index contributed by atoms with van der Waals surface area (Å²) in [6.45, 7) is -0.161. The third-order valence-corrected chi connectivity index (χ3v) is 2.91. The maximum Gasteiger partial charge on any atom is 0.328 e. The Bertz CT molecular complexity index is 465. The van der Waals surface area contributed by atoms with Gasteiger partial charge in [-0.25, -0.2) is 4.79 Å². The normalized spacial score (nSPS) is 19.1. The molecule has 1 aliphatic rings. The molecule has 0 N–H and O–H groups in total. The van der Waals surface area contributed by atoms with Crippen LogP contribution in [0.5, 0.6) is 0 Å². The lowest BCUT2D eigenvalue weighted by atomic mass is 10.2. The highest BCUT2D eigenvalue weighted by atomic mass is 16.5. The minimum absolute atomic E-state index is 0.161. The van der Waals surface area contributed by atoms with E-state index in [0.717, 1.165) is 0 Å². The molecule has 1 amide bonds. The number of furan rings is 1. The van der Waals surface area contributed by atoms with Crippen LogP contribution >= 0.6 is 0 Å². The number of carbonyl (C=O) groups excluding carboxylic acids is 3. The number of amides is 1. The van der Waals surface area contributed by atoms with Crippen LogP contribution < -0.4 is 0 Å². The number of hydrogen-bond donors (Lipinski definition) is 0. The molecule has 0 bridgehead atoms. The molecule has 1 aromatic rings. The molecule has 1 aliphatic heterocycles. The van der Waals surface area contributed by atoms with E-state index in [1.165, 1.54) is 24.3 Å². The van der Waals surface area contributed by atoms with Gasteiger partial charge in [0.2, 0.25) is 11.7 Å². The molecule has 0 radical (unpaired) electrons. The molecule has 6 nitrogen and oxygen atoms in total. The summed E-state index contributed by atoms with van der Waals surface area (Å²) in [5, 5.41) is 0. The van der Waals surface area contributed by atoms with Crippen LogP contribution in [0.4, 0.5) is 0 Å². The molecule has 1 fully saturated rings. The van der Waals surface area contributed by atoms with Gasteiger partial charge in [0.05, 0.1) is 19.9 Å². The van der Waals surface area contributed by atoms with Crippen molar-refractivity contribution in [2.24, 2.45) is 0 Å². The third kappa shape index (κ3) is 2.27. The summed E-state index contributed by atoms with van der Waals surface area (Å²) in [5.41, 5.74) is 0. The Hall–Kier alpha value is -2.11. The van der Waals surface area contributed by atoms with Gasteiger partial charge in [0.25, 0.3) is 0 Å². The van der Waals surface area contributed by atoms with Gasteiger partial charge in [-0.3, -0.25) is 9.59 Å². The first kappa shape index (κ1) is 12.3. The van der Waals surface area contributed by atoms with Gasteiger partial charge in [-0.2, -0.15) is 0 Å². The second-order valence-electron chi connectivity index (χ2n) is 4.00. The van der Waals surface area contributed by atoms with Gasteiger partial charge in [0, 0.05) is 6.42 Å². The Kier molecular flexibility index (Phi) is 3.45. The van der Waals surface area contributed by atoms with Crippen molar-refractivity contribution in [3.05, 3.63) is 24.2 Å². The number of methoxy groups -OCH3 is 1. The van der Waals surface area contributed by atoms with Gasteiger partial charge in [0.15, 0.2) is 5.76 Å². The molecule has 1 aromatic heterocycles. The van der Waals surface area contributed by atoms with Gasteiger partial charge >= 0.3 is 5.97 Å². The molecule has 0 spiro atoms. The van der Waals surface area contributed by atoms with Crippen LogP contribution in [-0.4, -0.2) is 42.3 Å². The molecule has 0 unspecified atom stereocenters. The SMILES string of the molecule is COC(=O)[C@@H]1CCC(=O)N1CC(=O)c1ccco1. The van der Waals surface area contributed by atoms with Crippen LogP contribution in [0.25, 0.3) is 0 Å². The Morgan fingerprint density at radius 2 is 2.33 bits per heavy atom. The van der Waals surface area contributed by atoms with Gasteiger partial charge in [-0.05, 0) is 18.6 Å². The van der Waals surface area contributed by atoms with Crippen molar-refractivity contribution in [2.45, 2.75) is 18.9 Å². The topological polar surface area (TPSA) is 76.8 Å². The zero-order valence-corrected chi connectivity index (χ0v) is 9.92. The summed E-state index contributed by atoms with van der Waals surface area (Å²) in [4.78, 5) is 36.2. The lowest BCUT2D eigenvalue weighted by molar-refractivity contribution is -0.148. The maximum absolute atomic E-state index is 11.8. The molecule has 96 valence electrons. The number of carbonyl (C=O) groups is 3.